The molecule has 0 aromatic rings. The number of halogens is 1. The molecule has 16 heavy (non-hydrogen) atoms. The standard InChI is InChI=1S/C12H24N2O.ClH/c1-4-6-9-7-10(9)14-12(15)11(13)8(3)5-2;/h8-11H,4-7,13H2,1-3H3,(H,14,15);1H. The lowest BCUT2D eigenvalue weighted by atomic mass is 9.99. The molecule has 0 spiro atoms. The Bertz CT molecular complexity index is 223. The summed E-state index contributed by atoms with van der Waals surface area (Å²) in [5.74, 6) is 1.02. The predicted octanol–water partition coefficient (Wildman–Crippen LogP) is 2.09. The van der Waals surface area contributed by atoms with Crippen LogP contribution in [-0.4, -0.2) is 18.0 Å². The molecule has 0 aliphatic heterocycles. The Morgan fingerprint density at radius 1 is 1.50 bits per heavy atom. The smallest absolute Gasteiger partial charge is 0.237 e. The monoisotopic (exact) mass is 248 g/mol. The third-order valence-corrected chi connectivity index (χ3v) is 3.47. The summed E-state index contributed by atoms with van der Waals surface area (Å²) < 4.78 is 0. The summed E-state index contributed by atoms with van der Waals surface area (Å²) in [6, 6.07) is 0.0745. The van der Waals surface area contributed by atoms with Gasteiger partial charge in [-0.05, 0) is 24.7 Å². The lowest BCUT2D eigenvalue weighted by Crippen LogP contribution is -2.45. The second-order valence-corrected chi connectivity index (χ2v) is 4.81. The van der Waals surface area contributed by atoms with Gasteiger partial charge in [0, 0.05) is 6.04 Å². The first-order valence-corrected chi connectivity index (χ1v) is 6.16. The number of carbonyl (C=O) groups excluding carboxylic acids is 1. The van der Waals surface area contributed by atoms with Crippen molar-refractivity contribution >= 4 is 18.3 Å². The molecule has 1 rings (SSSR count). The number of nitrogens with two attached hydrogens (primary N) is 1. The first-order valence-electron chi connectivity index (χ1n) is 6.16. The SMILES string of the molecule is CCCC1CC1NC(=O)C(N)C(C)CC.Cl. The van der Waals surface area contributed by atoms with Crippen LogP contribution in [0.5, 0.6) is 0 Å². The molecular weight excluding hydrogens is 224 g/mol. The number of amides is 1. The van der Waals surface area contributed by atoms with Crippen molar-refractivity contribution < 1.29 is 4.79 Å². The van der Waals surface area contributed by atoms with E-state index in [0.29, 0.717) is 12.0 Å². The fourth-order valence-electron chi connectivity index (χ4n) is 1.91. The second-order valence-electron chi connectivity index (χ2n) is 4.81. The number of nitrogens with one attached hydrogen (secondary N) is 1. The molecule has 96 valence electrons. The Kier molecular flexibility index (Phi) is 7.00. The zero-order chi connectivity index (χ0) is 11.4. The van der Waals surface area contributed by atoms with Crippen LogP contribution in [0.25, 0.3) is 0 Å². The van der Waals surface area contributed by atoms with E-state index in [2.05, 4.69) is 19.2 Å². The summed E-state index contributed by atoms with van der Waals surface area (Å²) in [6.45, 7) is 6.28. The molecule has 4 heteroatoms. The molecule has 0 radical (unpaired) electrons. The highest BCUT2D eigenvalue weighted by Crippen LogP contribution is 2.34. The van der Waals surface area contributed by atoms with E-state index < -0.39 is 0 Å². The number of hydrogen-bond donors (Lipinski definition) is 2. The lowest BCUT2D eigenvalue weighted by Gasteiger charge is -2.17. The van der Waals surface area contributed by atoms with Crippen LogP contribution in [-0.2, 0) is 4.79 Å². The van der Waals surface area contributed by atoms with Gasteiger partial charge in [-0.1, -0.05) is 33.6 Å². The van der Waals surface area contributed by atoms with E-state index in [4.69, 9.17) is 5.73 Å². The Balaban J connectivity index is 0.00000225. The number of hydrogen-bond acceptors (Lipinski definition) is 2. The Morgan fingerprint density at radius 2 is 2.12 bits per heavy atom. The average Bonchev–Trinajstić information content (AvgIpc) is 2.94. The van der Waals surface area contributed by atoms with Gasteiger partial charge < -0.3 is 11.1 Å². The molecule has 0 aromatic heterocycles. The largest absolute Gasteiger partial charge is 0.352 e. The summed E-state index contributed by atoms with van der Waals surface area (Å²) >= 11 is 0. The summed E-state index contributed by atoms with van der Waals surface area (Å²) in [7, 11) is 0. The fourth-order valence-corrected chi connectivity index (χ4v) is 1.91. The molecule has 1 saturated carbocycles. The molecule has 0 bridgehead atoms. The van der Waals surface area contributed by atoms with Gasteiger partial charge in [0.1, 0.15) is 0 Å². The van der Waals surface area contributed by atoms with E-state index in [1.807, 2.05) is 6.92 Å². The van der Waals surface area contributed by atoms with Gasteiger partial charge in [-0.3, -0.25) is 4.79 Å². The maximum atomic E-state index is 11.7. The number of rotatable bonds is 6. The van der Waals surface area contributed by atoms with Crippen molar-refractivity contribution in [3.05, 3.63) is 0 Å². The Morgan fingerprint density at radius 3 is 2.62 bits per heavy atom. The van der Waals surface area contributed by atoms with Gasteiger partial charge in [-0.15, -0.1) is 12.4 Å². The normalized spacial score (nSPS) is 26.5. The molecule has 3 nitrogen and oxygen atoms in total. The van der Waals surface area contributed by atoms with Gasteiger partial charge >= 0.3 is 0 Å². The highest BCUT2D eigenvalue weighted by atomic mass is 35.5. The van der Waals surface area contributed by atoms with Gasteiger partial charge in [-0.25, -0.2) is 0 Å². The van der Waals surface area contributed by atoms with Crippen molar-refractivity contribution in [3.63, 3.8) is 0 Å². The van der Waals surface area contributed by atoms with Gasteiger partial charge in [0.05, 0.1) is 6.04 Å². The average molecular weight is 249 g/mol. The zero-order valence-corrected chi connectivity index (χ0v) is 11.3. The first-order chi connectivity index (χ1) is 7.10. The third-order valence-electron chi connectivity index (χ3n) is 3.47. The van der Waals surface area contributed by atoms with Gasteiger partial charge in [0.25, 0.3) is 0 Å². The molecule has 1 fully saturated rings. The lowest BCUT2D eigenvalue weighted by molar-refractivity contribution is -0.123. The van der Waals surface area contributed by atoms with E-state index in [-0.39, 0.29) is 30.3 Å². The van der Waals surface area contributed by atoms with Crippen LogP contribution < -0.4 is 11.1 Å². The fraction of sp³-hybridized carbons (Fsp3) is 0.917. The predicted molar refractivity (Wildman–Crippen MR) is 69.6 cm³/mol. The van der Waals surface area contributed by atoms with E-state index in [0.717, 1.165) is 12.8 Å². The van der Waals surface area contributed by atoms with E-state index in [1.165, 1.54) is 12.8 Å². The summed E-state index contributed by atoms with van der Waals surface area (Å²) in [4.78, 5) is 11.7. The first kappa shape index (κ1) is 15.7. The van der Waals surface area contributed by atoms with Crippen molar-refractivity contribution in [2.45, 2.75) is 58.5 Å². The van der Waals surface area contributed by atoms with Crippen molar-refractivity contribution in [2.75, 3.05) is 0 Å². The van der Waals surface area contributed by atoms with Crippen LogP contribution in [0.1, 0.15) is 46.5 Å². The molecule has 3 N–H and O–H groups in total. The van der Waals surface area contributed by atoms with Gasteiger partial charge in [0.2, 0.25) is 5.91 Å². The van der Waals surface area contributed by atoms with E-state index in [1.54, 1.807) is 0 Å². The molecular formula is C12H25ClN2O. The van der Waals surface area contributed by atoms with Crippen molar-refractivity contribution in [1.82, 2.24) is 5.32 Å². The van der Waals surface area contributed by atoms with Gasteiger partial charge in [-0.2, -0.15) is 0 Å². The Labute approximate surface area is 105 Å². The molecule has 4 unspecified atom stereocenters. The van der Waals surface area contributed by atoms with Crippen LogP contribution in [0, 0.1) is 11.8 Å². The quantitative estimate of drug-likeness (QED) is 0.756. The van der Waals surface area contributed by atoms with Crippen LogP contribution in [0.4, 0.5) is 0 Å². The summed E-state index contributed by atoms with van der Waals surface area (Å²) in [6.07, 6.45) is 4.53. The van der Waals surface area contributed by atoms with Crippen molar-refractivity contribution in [2.24, 2.45) is 17.6 Å². The van der Waals surface area contributed by atoms with E-state index >= 15 is 0 Å². The summed E-state index contributed by atoms with van der Waals surface area (Å²) in [5, 5.41) is 3.04. The highest BCUT2D eigenvalue weighted by Gasteiger charge is 2.38. The third kappa shape index (κ3) is 4.30. The van der Waals surface area contributed by atoms with Gasteiger partial charge in [0.15, 0.2) is 0 Å². The zero-order valence-electron chi connectivity index (χ0n) is 10.5. The van der Waals surface area contributed by atoms with Crippen LogP contribution in [0.15, 0.2) is 0 Å². The maximum Gasteiger partial charge on any atom is 0.237 e. The van der Waals surface area contributed by atoms with E-state index in [9.17, 15) is 4.79 Å². The van der Waals surface area contributed by atoms with Crippen molar-refractivity contribution in [1.29, 1.82) is 0 Å². The molecule has 4 atom stereocenters. The Hall–Kier alpha value is -0.280. The molecule has 1 amide bonds. The summed E-state index contributed by atoms with van der Waals surface area (Å²) in [5.41, 5.74) is 5.85. The molecule has 1 aliphatic carbocycles. The maximum absolute atomic E-state index is 11.7. The topological polar surface area (TPSA) is 55.1 Å². The van der Waals surface area contributed by atoms with Crippen LogP contribution in [0.2, 0.25) is 0 Å². The minimum Gasteiger partial charge on any atom is -0.352 e. The molecule has 0 heterocycles. The van der Waals surface area contributed by atoms with Crippen LogP contribution in [0.3, 0.4) is 0 Å². The molecule has 1 aliphatic rings. The molecule has 0 saturated heterocycles. The minimum atomic E-state index is -0.335. The number of carbonyl (C=O) groups is 1. The minimum absolute atomic E-state index is 0. The second kappa shape index (κ2) is 7.13. The van der Waals surface area contributed by atoms with Crippen LogP contribution >= 0.6 is 12.4 Å². The molecule has 0 aromatic carbocycles. The van der Waals surface area contributed by atoms with Crippen molar-refractivity contribution in [3.8, 4) is 0 Å². The highest BCUT2D eigenvalue weighted by molar-refractivity contribution is 5.85.